The van der Waals surface area contributed by atoms with Crippen LogP contribution in [0.1, 0.15) is 19.8 Å². The quantitative estimate of drug-likeness (QED) is 0.761. The van der Waals surface area contributed by atoms with Gasteiger partial charge in [-0.15, -0.1) is 0 Å². The molecule has 13 heavy (non-hydrogen) atoms. The van der Waals surface area contributed by atoms with Crippen molar-refractivity contribution in [2.24, 2.45) is 5.92 Å². The number of nitrogens with one attached hydrogen (secondary N) is 1. The number of anilines is 1. The normalized spacial score (nSPS) is 26.6. The molecular formula is C11H14ClN. The van der Waals surface area contributed by atoms with Crippen molar-refractivity contribution in [1.29, 1.82) is 0 Å². The molecule has 0 bridgehead atoms. The maximum atomic E-state index is 5.88. The van der Waals surface area contributed by atoms with Crippen molar-refractivity contribution in [3.05, 3.63) is 29.3 Å². The Kier molecular flexibility index (Phi) is 2.45. The Bertz CT molecular complexity index is 292. The van der Waals surface area contributed by atoms with Crippen LogP contribution in [-0.2, 0) is 0 Å². The van der Waals surface area contributed by atoms with Crippen LogP contribution in [0.4, 0.5) is 5.69 Å². The smallest absolute Gasteiger partial charge is 0.0426 e. The average molecular weight is 196 g/mol. The van der Waals surface area contributed by atoms with Crippen molar-refractivity contribution in [3.63, 3.8) is 0 Å². The summed E-state index contributed by atoms with van der Waals surface area (Å²) in [5.41, 5.74) is 1.14. The highest BCUT2D eigenvalue weighted by molar-refractivity contribution is 6.30. The first-order valence-corrected chi connectivity index (χ1v) is 5.14. The average Bonchev–Trinajstić information content (AvgIpc) is 2.01. The summed E-state index contributed by atoms with van der Waals surface area (Å²) in [5, 5.41) is 4.27. The highest BCUT2D eigenvalue weighted by Gasteiger charge is 2.24. The zero-order valence-electron chi connectivity index (χ0n) is 7.76. The summed E-state index contributed by atoms with van der Waals surface area (Å²) in [6, 6.07) is 8.58. The molecule has 0 aliphatic heterocycles. The number of hydrogen-bond donors (Lipinski definition) is 1. The number of rotatable bonds is 2. The fourth-order valence-corrected chi connectivity index (χ4v) is 2.02. The molecule has 1 saturated carbocycles. The van der Waals surface area contributed by atoms with Gasteiger partial charge in [0.15, 0.2) is 0 Å². The molecule has 1 N–H and O–H groups in total. The first-order chi connectivity index (χ1) is 6.24. The molecule has 0 radical (unpaired) electrons. The molecule has 0 amide bonds. The van der Waals surface area contributed by atoms with Gasteiger partial charge in [0.2, 0.25) is 0 Å². The van der Waals surface area contributed by atoms with Crippen molar-refractivity contribution in [1.82, 2.24) is 0 Å². The molecule has 70 valence electrons. The van der Waals surface area contributed by atoms with Gasteiger partial charge in [-0.25, -0.2) is 0 Å². The lowest BCUT2D eigenvalue weighted by Crippen LogP contribution is -2.33. The maximum Gasteiger partial charge on any atom is 0.0426 e. The van der Waals surface area contributed by atoms with Crippen molar-refractivity contribution in [3.8, 4) is 0 Å². The third kappa shape index (κ3) is 2.16. The second-order valence-corrected chi connectivity index (χ2v) is 4.36. The second kappa shape index (κ2) is 3.59. The fourth-order valence-electron chi connectivity index (χ4n) is 1.83. The van der Waals surface area contributed by atoms with Crippen LogP contribution in [0.5, 0.6) is 0 Å². The Hall–Kier alpha value is -0.690. The van der Waals surface area contributed by atoms with E-state index in [0.717, 1.165) is 16.6 Å². The van der Waals surface area contributed by atoms with Crippen molar-refractivity contribution in [2.45, 2.75) is 25.8 Å². The Morgan fingerprint density at radius 3 is 2.77 bits per heavy atom. The molecule has 0 aromatic heterocycles. The van der Waals surface area contributed by atoms with Gasteiger partial charge in [-0.3, -0.25) is 0 Å². The first kappa shape index (κ1) is 8.89. The Morgan fingerprint density at radius 2 is 2.15 bits per heavy atom. The van der Waals surface area contributed by atoms with Crippen LogP contribution in [0.15, 0.2) is 24.3 Å². The maximum absolute atomic E-state index is 5.88. The molecule has 1 aromatic rings. The van der Waals surface area contributed by atoms with Crippen LogP contribution in [0, 0.1) is 5.92 Å². The largest absolute Gasteiger partial charge is 0.382 e. The summed E-state index contributed by atoms with van der Waals surface area (Å²) < 4.78 is 0. The molecule has 0 spiro atoms. The van der Waals surface area contributed by atoms with E-state index in [1.54, 1.807) is 0 Å². The van der Waals surface area contributed by atoms with Gasteiger partial charge in [-0.2, -0.15) is 0 Å². The summed E-state index contributed by atoms with van der Waals surface area (Å²) in [6.07, 6.45) is 2.57. The highest BCUT2D eigenvalue weighted by atomic mass is 35.5. The van der Waals surface area contributed by atoms with Crippen LogP contribution >= 0.6 is 11.6 Å². The minimum absolute atomic E-state index is 0.661. The highest BCUT2D eigenvalue weighted by Crippen LogP contribution is 2.29. The van der Waals surface area contributed by atoms with E-state index in [9.17, 15) is 0 Å². The third-order valence-corrected chi connectivity index (χ3v) is 2.80. The number of halogens is 1. The van der Waals surface area contributed by atoms with Gasteiger partial charge in [-0.05, 0) is 37.0 Å². The van der Waals surface area contributed by atoms with Gasteiger partial charge in [0.1, 0.15) is 0 Å². The van der Waals surface area contributed by atoms with E-state index < -0.39 is 0 Å². The zero-order chi connectivity index (χ0) is 9.26. The predicted molar refractivity (Wildman–Crippen MR) is 57.3 cm³/mol. The fraction of sp³-hybridized carbons (Fsp3) is 0.455. The predicted octanol–water partition coefficient (Wildman–Crippen LogP) is 3.55. The van der Waals surface area contributed by atoms with Gasteiger partial charge in [0.25, 0.3) is 0 Å². The molecule has 1 fully saturated rings. The van der Waals surface area contributed by atoms with E-state index in [1.165, 1.54) is 12.8 Å². The Balaban J connectivity index is 1.94. The summed E-state index contributed by atoms with van der Waals surface area (Å²) in [5.74, 6) is 0.886. The minimum atomic E-state index is 0.661. The monoisotopic (exact) mass is 195 g/mol. The van der Waals surface area contributed by atoms with Crippen LogP contribution in [-0.4, -0.2) is 6.04 Å². The molecular weight excluding hydrogens is 182 g/mol. The van der Waals surface area contributed by atoms with Crippen molar-refractivity contribution >= 4 is 17.3 Å². The van der Waals surface area contributed by atoms with Crippen LogP contribution in [0.2, 0.25) is 5.02 Å². The SMILES string of the molecule is CC1CC(Nc2cccc(Cl)c2)C1. The van der Waals surface area contributed by atoms with Crippen LogP contribution in [0.3, 0.4) is 0 Å². The summed E-state index contributed by atoms with van der Waals surface area (Å²) in [7, 11) is 0. The number of benzene rings is 1. The van der Waals surface area contributed by atoms with E-state index in [2.05, 4.69) is 18.3 Å². The lowest BCUT2D eigenvalue weighted by molar-refractivity contribution is 0.309. The Morgan fingerprint density at radius 1 is 1.38 bits per heavy atom. The van der Waals surface area contributed by atoms with E-state index in [0.29, 0.717) is 6.04 Å². The lowest BCUT2D eigenvalue weighted by atomic mass is 9.82. The second-order valence-electron chi connectivity index (χ2n) is 3.93. The topological polar surface area (TPSA) is 12.0 Å². The molecule has 1 aliphatic rings. The molecule has 1 aliphatic carbocycles. The van der Waals surface area contributed by atoms with E-state index in [1.807, 2.05) is 18.2 Å². The molecule has 0 saturated heterocycles. The van der Waals surface area contributed by atoms with Gasteiger partial charge in [0, 0.05) is 16.8 Å². The molecule has 2 rings (SSSR count). The van der Waals surface area contributed by atoms with Gasteiger partial charge >= 0.3 is 0 Å². The zero-order valence-corrected chi connectivity index (χ0v) is 8.51. The van der Waals surface area contributed by atoms with Gasteiger partial charge in [0.05, 0.1) is 0 Å². The van der Waals surface area contributed by atoms with E-state index in [-0.39, 0.29) is 0 Å². The van der Waals surface area contributed by atoms with Crippen molar-refractivity contribution in [2.75, 3.05) is 5.32 Å². The summed E-state index contributed by atoms with van der Waals surface area (Å²) in [4.78, 5) is 0. The van der Waals surface area contributed by atoms with Crippen LogP contribution in [0.25, 0.3) is 0 Å². The number of hydrogen-bond acceptors (Lipinski definition) is 1. The summed E-state index contributed by atoms with van der Waals surface area (Å²) >= 11 is 5.88. The van der Waals surface area contributed by atoms with E-state index in [4.69, 9.17) is 11.6 Å². The molecule has 1 aromatic carbocycles. The van der Waals surface area contributed by atoms with Crippen LogP contribution < -0.4 is 5.32 Å². The molecule has 2 heteroatoms. The van der Waals surface area contributed by atoms with E-state index >= 15 is 0 Å². The third-order valence-electron chi connectivity index (χ3n) is 2.57. The standard InChI is InChI=1S/C11H14ClN/c1-8-5-11(6-8)13-10-4-2-3-9(12)7-10/h2-4,7-8,11,13H,5-6H2,1H3. The molecule has 0 unspecified atom stereocenters. The molecule has 1 nitrogen and oxygen atoms in total. The van der Waals surface area contributed by atoms with Crippen molar-refractivity contribution < 1.29 is 0 Å². The molecule has 0 heterocycles. The summed E-state index contributed by atoms with van der Waals surface area (Å²) in [6.45, 7) is 2.29. The van der Waals surface area contributed by atoms with Gasteiger partial charge < -0.3 is 5.32 Å². The van der Waals surface area contributed by atoms with Gasteiger partial charge in [-0.1, -0.05) is 24.6 Å². The minimum Gasteiger partial charge on any atom is -0.382 e. The molecule has 0 atom stereocenters. The Labute approximate surface area is 84.1 Å². The first-order valence-electron chi connectivity index (χ1n) is 4.76. The lowest BCUT2D eigenvalue weighted by Gasteiger charge is -2.34.